The molecular formula is C18H17BrClFN2O3S. The molecule has 0 spiro atoms. The lowest BCUT2D eigenvalue weighted by Crippen LogP contribution is -2.55. The summed E-state index contributed by atoms with van der Waals surface area (Å²) in [4.78, 5) is 12.8. The molecule has 2 aromatic carbocycles. The Hall–Kier alpha value is -1.32. The molecule has 1 aliphatic heterocycles. The SMILES string of the molecule is CN1[C@H](C(=O)Cc2ccc(F)c(Cl)c2)C[C@H](c2cccc(Br)c2)NS1(=O)=O. The number of nitrogens with one attached hydrogen (secondary N) is 1. The highest BCUT2D eigenvalue weighted by Crippen LogP contribution is 2.30. The van der Waals surface area contributed by atoms with E-state index in [4.69, 9.17) is 11.6 Å². The Morgan fingerprint density at radius 1 is 1.33 bits per heavy atom. The van der Waals surface area contributed by atoms with Gasteiger partial charge in [-0.15, -0.1) is 0 Å². The molecular weight excluding hydrogens is 459 g/mol. The van der Waals surface area contributed by atoms with Gasteiger partial charge in [-0.3, -0.25) is 4.79 Å². The first kappa shape index (κ1) is 20.4. The molecule has 0 bridgehead atoms. The van der Waals surface area contributed by atoms with Crippen molar-refractivity contribution in [2.45, 2.75) is 24.9 Å². The van der Waals surface area contributed by atoms with Crippen LogP contribution in [-0.2, 0) is 21.4 Å². The van der Waals surface area contributed by atoms with E-state index in [9.17, 15) is 17.6 Å². The molecule has 1 aliphatic rings. The highest BCUT2D eigenvalue weighted by atomic mass is 79.9. The number of carbonyl (C=O) groups is 1. The first-order valence-electron chi connectivity index (χ1n) is 8.15. The lowest BCUT2D eigenvalue weighted by molar-refractivity contribution is -0.122. The normalized spacial score (nSPS) is 22.5. The number of nitrogens with zero attached hydrogens (tertiary/aromatic N) is 1. The van der Waals surface area contributed by atoms with Gasteiger partial charge in [-0.25, -0.2) is 4.39 Å². The van der Waals surface area contributed by atoms with Crippen molar-refractivity contribution in [1.82, 2.24) is 9.03 Å². The van der Waals surface area contributed by atoms with Crippen LogP contribution in [0.5, 0.6) is 0 Å². The molecule has 1 fully saturated rings. The van der Waals surface area contributed by atoms with Crippen molar-refractivity contribution >= 4 is 43.5 Å². The molecule has 144 valence electrons. The van der Waals surface area contributed by atoms with Crippen molar-refractivity contribution in [3.8, 4) is 0 Å². The molecule has 3 rings (SSSR count). The molecule has 27 heavy (non-hydrogen) atoms. The van der Waals surface area contributed by atoms with Crippen molar-refractivity contribution < 1.29 is 17.6 Å². The van der Waals surface area contributed by atoms with E-state index in [-0.39, 0.29) is 17.2 Å². The Morgan fingerprint density at radius 3 is 2.74 bits per heavy atom. The van der Waals surface area contributed by atoms with Gasteiger partial charge < -0.3 is 0 Å². The largest absolute Gasteiger partial charge is 0.298 e. The molecule has 0 aromatic heterocycles. The molecule has 1 N–H and O–H groups in total. The topological polar surface area (TPSA) is 66.5 Å². The van der Waals surface area contributed by atoms with Crippen LogP contribution in [0.25, 0.3) is 0 Å². The third-order valence-electron chi connectivity index (χ3n) is 4.55. The van der Waals surface area contributed by atoms with Gasteiger partial charge in [0.2, 0.25) is 0 Å². The number of Topliss-reactive ketones (excluding diaryl/α,β-unsaturated/α-hetero) is 1. The fraction of sp³-hybridized carbons (Fsp3) is 0.278. The van der Waals surface area contributed by atoms with Crippen molar-refractivity contribution in [1.29, 1.82) is 0 Å². The smallest absolute Gasteiger partial charge is 0.280 e. The third kappa shape index (κ3) is 4.57. The van der Waals surface area contributed by atoms with Crippen LogP contribution in [0.15, 0.2) is 46.9 Å². The fourth-order valence-electron chi connectivity index (χ4n) is 3.08. The zero-order valence-corrected chi connectivity index (χ0v) is 17.5. The quantitative estimate of drug-likeness (QED) is 0.734. The van der Waals surface area contributed by atoms with E-state index < -0.39 is 28.1 Å². The maximum absolute atomic E-state index is 13.3. The summed E-state index contributed by atoms with van der Waals surface area (Å²) in [6, 6.07) is 9.98. The standard InChI is InChI=1S/C18H17BrClFN2O3S/c1-23-17(18(24)8-11-5-6-15(21)14(20)7-11)10-16(22-27(23,25)26)12-3-2-4-13(19)9-12/h2-7,9,16-17,22H,8,10H2,1H3/t16-,17+/m1/s1. The number of hydrogen-bond donors (Lipinski definition) is 1. The van der Waals surface area contributed by atoms with Crippen molar-refractivity contribution in [2.75, 3.05) is 7.05 Å². The number of rotatable bonds is 4. The monoisotopic (exact) mass is 474 g/mol. The van der Waals surface area contributed by atoms with E-state index in [2.05, 4.69) is 20.7 Å². The van der Waals surface area contributed by atoms with E-state index in [0.717, 1.165) is 14.3 Å². The Morgan fingerprint density at radius 2 is 2.07 bits per heavy atom. The molecule has 0 amide bonds. The highest BCUT2D eigenvalue weighted by Gasteiger charge is 2.40. The fourth-order valence-corrected chi connectivity index (χ4v) is 5.00. The average Bonchev–Trinajstić information content (AvgIpc) is 2.60. The Balaban J connectivity index is 1.85. The number of likely N-dealkylation sites (N-methyl/N-ethyl adjacent to an activating group) is 1. The van der Waals surface area contributed by atoms with Crippen LogP contribution in [-0.4, -0.2) is 31.6 Å². The lowest BCUT2D eigenvalue weighted by atomic mass is 9.95. The summed E-state index contributed by atoms with van der Waals surface area (Å²) in [5.41, 5.74) is 1.30. The van der Waals surface area contributed by atoms with Crippen LogP contribution in [0.4, 0.5) is 4.39 Å². The van der Waals surface area contributed by atoms with Gasteiger partial charge >= 0.3 is 0 Å². The van der Waals surface area contributed by atoms with Crippen LogP contribution in [0.1, 0.15) is 23.6 Å². The predicted molar refractivity (Wildman–Crippen MR) is 105 cm³/mol. The highest BCUT2D eigenvalue weighted by molar-refractivity contribution is 9.10. The van der Waals surface area contributed by atoms with Crippen LogP contribution in [0, 0.1) is 5.82 Å². The van der Waals surface area contributed by atoms with Gasteiger partial charge in [-0.2, -0.15) is 17.4 Å². The predicted octanol–water partition coefficient (Wildman–Crippen LogP) is 3.63. The van der Waals surface area contributed by atoms with Crippen LogP contribution < -0.4 is 4.72 Å². The van der Waals surface area contributed by atoms with E-state index in [0.29, 0.717) is 12.0 Å². The lowest BCUT2D eigenvalue weighted by Gasteiger charge is -2.36. The number of halogens is 3. The summed E-state index contributed by atoms with van der Waals surface area (Å²) >= 11 is 9.14. The van der Waals surface area contributed by atoms with Gasteiger partial charge in [0.15, 0.2) is 5.78 Å². The molecule has 2 atom stereocenters. The Labute approximate surface area is 170 Å². The van der Waals surface area contributed by atoms with Gasteiger partial charge in [0.1, 0.15) is 5.82 Å². The van der Waals surface area contributed by atoms with Gasteiger partial charge in [-0.1, -0.05) is 45.7 Å². The molecule has 0 radical (unpaired) electrons. The molecule has 1 saturated heterocycles. The molecule has 9 heteroatoms. The molecule has 5 nitrogen and oxygen atoms in total. The summed E-state index contributed by atoms with van der Waals surface area (Å²) < 4.78 is 42.8. The molecule has 0 saturated carbocycles. The Kier molecular flexibility index (Phi) is 6.02. The second-order valence-corrected chi connectivity index (χ2v) is 9.47. The summed E-state index contributed by atoms with van der Waals surface area (Å²) in [6.45, 7) is 0. The minimum atomic E-state index is -3.81. The number of carbonyl (C=O) groups excluding carboxylic acids is 1. The van der Waals surface area contributed by atoms with Crippen molar-refractivity contribution in [2.24, 2.45) is 0 Å². The maximum atomic E-state index is 13.3. The molecule has 2 aromatic rings. The van der Waals surface area contributed by atoms with E-state index >= 15 is 0 Å². The number of benzene rings is 2. The maximum Gasteiger partial charge on any atom is 0.280 e. The average molecular weight is 476 g/mol. The molecule has 0 aliphatic carbocycles. The second-order valence-electron chi connectivity index (χ2n) is 6.39. The van der Waals surface area contributed by atoms with Crippen LogP contribution in [0.3, 0.4) is 0 Å². The minimum Gasteiger partial charge on any atom is -0.298 e. The summed E-state index contributed by atoms with van der Waals surface area (Å²) in [5, 5.41) is -0.0707. The van der Waals surface area contributed by atoms with Gasteiger partial charge in [-0.05, 0) is 41.8 Å². The zero-order chi connectivity index (χ0) is 19.8. The van der Waals surface area contributed by atoms with E-state index in [1.165, 1.54) is 25.2 Å². The third-order valence-corrected chi connectivity index (χ3v) is 6.93. The second kappa shape index (κ2) is 7.97. The minimum absolute atomic E-state index is 0.0320. The Bertz CT molecular complexity index is 986. The van der Waals surface area contributed by atoms with E-state index in [1.807, 2.05) is 24.3 Å². The van der Waals surface area contributed by atoms with Crippen LogP contribution >= 0.6 is 27.5 Å². The molecule has 0 unspecified atom stereocenters. The number of ketones is 1. The number of hydrogen-bond acceptors (Lipinski definition) is 3. The van der Waals surface area contributed by atoms with Crippen molar-refractivity contribution in [3.63, 3.8) is 0 Å². The molecule has 1 heterocycles. The van der Waals surface area contributed by atoms with E-state index in [1.54, 1.807) is 0 Å². The summed E-state index contributed by atoms with van der Waals surface area (Å²) in [5.74, 6) is -0.839. The first-order valence-corrected chi connectivity index (χ1v) is 10.8. The van der Waals surface area contributed by atoms with Gasteiger partial charge in [0.25, 0.3) is 10.2 Å². The van der Waals surface area contributed by atoms with Gasteiger partial charge in [0, 0.05) is 24.0 Å². The first-order chi connectivity index (χ1) is 12.7. The van der Waals surface area contributed by atoms with Crippen LogP contribution in [0.2, 0.25) is 5.02 Å². The summed E-state index contributed by atoms with van der Waals surface area (Å²) in [7, 11) is -2.44. The summed E-state index contributed by atoms with van der Waals surface area (Å²) in [6.07, 6.45) is 0.260. The zero-order valence-electron chi connectivity index (χ0n) is 14.3. The van der Waals surface area contributed by atoms with Gasteiger partial charge in [0.05, 0.1) is 11.1 Å². The van der Waals surface area contributed by atoms with Crippen molar-refractivity contribution in [3.05, 3.63) is 68.9 Å².